The van der Waals surface area contributed by atoms with Crippen LogP contribution in [0.25, 0.3) is 11.1 Å². The third kappa shape index (κ3) is 5.36. The molecule has 1 aliphatic rings. The number of ether oxygens (including phenoxy) is 1. The highest BCUT2D eigenvalue weighted by molar-refractivity contribution is 5.73. The molecule has 0 saturated carbocycles. The molecule has 0 aliphatic carbocycles. The van der Waals surface area contributed by atoms with Crippen LogP contribution in [-0.4, -0.2) is 41.6 Å². The van der Waals surface area contributed by atoms with Gasteiger partial charge >= 0.3 is 6.03 Å². The molecular formula is C31H30N5O2+. The highest BCUT2D eigenvalue weighted by atomic mass is 16.5. The number of hydrogen-bond acceptors (Lipinski definition) is 4. The number of hydrogen-bond donors (Lipinski definition) is 1. The van der Waals surface area contributed by atoms with Gasteiger partial charge in [0.1, 0.15) is 31.1 Å². The first-order valence-corrected chi connectivity index (χ1v) is 12.7. The summed E-state index contributed by atoms with van der Waals surface area (Å²) in [5.41, 5.74) is 10.4. The van der Waals surface area contributed by atoms with Gasteiger partial charge in [0.15, 0.2) is 5.69 Å². The van der Waals surface area contributed by atoms with Gasteiger partial charge in [-0.15, -0.1) is 0 Å². The van der Waals surface area contributed by atoms with Crippen LogP contribution in [0.2, 0.25) is 0 Å². The predicted molar refractivity (Wildman–Crippen MR) is 148 cm³/mol. The maximum absolute atomic E-state index is 12.1. The Morgan fingerprint density at radius 2 is 1.82 bits per heavy atom. The number of carbonyl (C=O) groups excluding carboxylic acids is 1. The molecule has 3 aromatic carbocycles. The molecule has 2 amide bonds. The zero-order valence-corrected chi connectivity index (χ0v) is 21.3. The van der Waals surface area contributed by atoms with Crippen molar-refractivity contribution in [1.82, 2.24) is 14.4 Å². The van der Waals surface area contributed by atoms with Crippen LogP contribution in [0.15, 0.2) is 97.3 Å². The molecule has 1 saturated heterocycles. The first kappa shape index (κ1) is 25.0. The number of piperazine rings is 1. The standard InChI is InChI=1S/C31H29N5O2/c1-23-21-36(14-13-35(23)31(33)37,22-25-8-6-12-30(16-25)38-29-10-3-2-4-11-29)28-17-27(19-34-20-28)26-9-5-7-24(15-26)18-32/h2-12,15-17,19-20,23H,13-14,21-22H2,1H3,(H-,33,37)/p+1. The summed E-state index contributed by atoms with van der Waals surface area (Å²) >= 11 is 0. The molecule has 0 spiro atoms. The van der Waals surface area contributed by atoms with Gasteiger partial charge in [-0.2, -0.15) is 5.26 Å². The average Bonchev–Trinajstić information content (AvgIpc) is 2.94. The Kier molecular flexibility index (Phi) is 7.07. The number of benzene rings is 3. The number of urea groups is 1. The van der Waals surface area contributed by atoms with E-state index in [1.807, 2.05) is 80.0 Å². The molecule has 1 aliphatic heterocycles. The Labute approximate surface area is 222 Å². The maximum atomic E-state index is 12.1. The molecule has 1 fully saturated rings. The highest BCUT2D eigenvalue weighted by Crippen LogP contribution is 2.34. The van der Waals surface area contributed by atoms with E-state index in [-0.39, 0.29) is 6.04 Å². The van der Waals surface area contributed by atoms with E-state index in [1.54, 1.807) is 11.0 Å². The number of para-hydroxylation sites is 1. The first-order valence-electron chi connectivity index (χ1n) is 12.7. The number of amides is 2. The number of aromatic nitrogens is 1. The van der Waals surface area contributed by atoms with Crippen molar-refractivity contribution in [1.29, 1.82) is 5.26 Å². The molecular weight excluding hydrogens is 474 g/mol. The summed E-state index contributed by atoms with van der Waals surface area (Å²) in [5, 5.41) is 9.37. The molecule has 2 heterocycles. The van der Waals surface area contributed by atoms with Gasteiger partial charge in [-0.05, 0) is 48.9 Å². The zero-order chi connectivity index (χ0) is 26.5. The minimum Gasteiger partial charge on any atom is -0.457 e. The first-order chi connectivity index (χ1) is 18.5. The van der Waals surface area contributed by atoms with Gasteiger partial charge in [-0.3, -0.25) is 9.47 Å². The number of primary amides is 1. The molecule has 7 heteroatoms. The van der Waals surface area contributed by atoms with Crippen LogP contribution in [-0.2, 0) is 6.54 Å². The van der Waals surface area contributed by atoms with E-state index < -0.39 is 6.03 Å². The number of carbonyl (C=O) groups is 1. The number of nitriles is 1. The van der Waals surface area contributed by atoms with Crippen molar-refractivity contribution in [2.45, 2.75) is 19.5 Å². The summed E-state index contributed by atoms with van der Waals surface area (Å²) < 4.78 is 6.71. The van der Waals surface area contributed by atoms with Gasteiger partial charge < -0.3 is 15.4 Å². The van der Waals surface area contributed by atoms with Crippen LogP contribution in [0.3, 0.4) is 0 Å². The SMILES string of the molecule is CC1C[N+](Cc2cccc(Oc3ccccc3)c2)(c2cncc(-c3cccc(C#N)c3)c2)CCN1C(N)=O. The average molecular weight is 505 g/mol. The van der Waals surface area contributed by atoms with Crippen molar-refractivity contribution in [2.24, 2.45) is 5.73 Å². The number of rotatable bonds is 6. The summed E-state index contributed by atoms with van der Waals surface area (Å²) in [6.45, 7) is 4.67. The van der Waals surface area contributed by atoms with Crippen molar-refractivity contribution in [3.63, 3.8) is 0 Å². The van der Waals surface area contributed by atoms with E-state index >= 15 is 0 Å². The Morgan fingerprint density at radius 3 is 2.58 bits per heavy atom. The summed E-state index contributed by atoms with van der Waals surface area (Å²) in [6.07, 6.45) is 3.74. The van der Waals surface area contributed by atoms with Gasteiger partial charge in [0.2, 0.25) is 0 Å². The molecule has 2 unspecified atom stereocenters. The maximum Gasteiger partial charge on any atom is 0.315 e. The van der Waals surface area contributed by atoms with E-state index in [2.05, 4.69) is 29.3 Å². The van der Waals surface area contributed by atoms with E-state index in [1.165, 1.54) is 0 Å². The van der Waals surface area contributed by atoms with Crippen molar-refractivity contribution >= 4 is 11.7 Å². The normalized spacial score (nSPS) is 18.9. The van der Waals surface area contributed by atoms with Gasteiger partial charge in [0.05, 0.1) is 30.4 Å². The topological polar surface area (TPSA) is 92.2 Å². The summed E-state index contributed by atoms with van der Waals surface area (Å²) in [5.74, 6) is 1.56. The van der Waals surface area contributed by atoms with Gasteiger partial charge in [0.25, 0.3) is 0 Å². The van der Waals surface area contributed by atoms with Crippen LogP contribution < -0.4 is 15.0 Å². The lowest BCUT2D eigenvalue weighted by molar-refractivity contribution is 0.104. The quantitative estimate of drug-likeness (QED) is 0.341. The van der Waals surface area contributed by atoms with Gasteiger partial charge in [-0.1, -0.05) is 42.5 Å². The largest absolute Gasteiger partial charge is 0.457 e. The van der Waals surface area contributed by atoms with Crippen LogP contribution in [0.5, 0.6) is 11.5 Å². The molecule has 2 atom stereocenters. The predicted octanol–water partition coefficient (Wildman–Crippen LogP) is 5.70. The second-order valence-corrected chi connectivity index (χ2v) is 9.78. The third-order valence-electron chi connectivity index (χ3n) is 7.16. The monoisotopic (exact) mass is 504 g/mol. The number of pyridine rings is 1. The van der Waals surface area contributed by atoms with E-state index in [0.29, 0.717) is 36.2 Å². The van der Waals surface area contributed by atoms with Gasteiger partial charge in [0, 0.05) is 23.4 Å². The molecule has 0 bridgehead atoms. The molecule has 190 valence electrons. The Hall–Kier alpha value is -4.67. The van der Waals surface area contributed by atoms with Gasteiger partial charge in [-0.25, -0.2) is 4.79 Å². The van der Waals surface area contributed by atoms with E-state index in [4.69, 9.17) is 10.5 Å². The fourth-order valence-corrected chi connectivity index (χ4v) is 5.31. The van der Waals surface area contributed by atoms with Crippen LogP contribution in [0, 0.1) is 11.3 Å². The third-order valence-corrected chi connectivity index (χ3v) is 7.16. The summed E-state index contributed by atoms with van der Waals surface area (Å²) in [7, 11) is 0. The fourth-order valence-electron chi connectivity index (χ4n) is 5.31. The minimum atomic E-state index is -0.395. The molecule has 38 heavy (non-hydrogen) atoms. The Bertz CT molecular complexity index is 1480. The number of nitrogens with zero attached hydrogens (tertiary/aromatic N) is 4. The molecule has 7 nitrogen and oxygen atoms in total. The van der Waals surface area contributed by atoms with Crippen molar-refractivity contribution in [2.75, 3.05) is 19.6 Å². The molecule has 1 aromatic heterocycles. The second-order valence-electron chi connectivity index (χ2n) is 9.78. The van der Waals surface area contributed by atoms with Crippen molar-refractivity contribution in [3.8, 4) is 28.7 Å². The molecule has 4 aromatic rings. The molecule has 5 rings (SSSR count). The Balaban J connectivity index is 1.51. The second kappa shape index (κ2) is 10.8. The lowest BCUT2D eigenvalue weighted by Crippen LogP contribution is -2.65. The zero-order valence-electron chi connectivity index (χ0n) is 21.3. The number of nitrogens with two attached hydrogens (primary N) is 1. The van der Waals surface area contributed by atoms with Crippen LogP contribution in [0.4, 0.5) is 10.5 Å². The highest BCUT2D eigenvalue weighted by Gasteiger charge is 2.41. The van der Waals surface area contributed by atoms with E-state index in [9.17, 15) is 10.1 Å². The fraction of sp³-hybridized carbons (Fsp3) is 0.194. The summed E-state index contributed by atoms with van der Waals surface area (Å²) in [6, 6.07) is 29.4. The molecule has 0 radical (unpaired) electrons. The number of quaternary nitrogens is 1. The smallest absolute Gasteiger partial charge is 0.315 e. The molecule has 2 N–H and O–H groups in total. The lowest BCUT2D eigenvalue weighted by atomic mass is 10.0. The minimum absolute atomic E-state index is 0.0458. The van der Waals surface area contributed by atoms with Crippen molar-refractivity contribution < 1.29 is 9.53 Å². The van der Waals surface area contributed by atoms with Crippen molar-refractivity contribution in [3.05, 3.63) is 108 Å². The Morgan fingerprint density at radius 1 is 1.03 bits per heavy atom. The van der Waals surface area contributed by atoms with Crippen LogP contribution in [0.1, 0.15) is 18.1 Å². The summed E-state index contributed by atoms with van der Waals surface area (Å²) in [4.78, 5) is 18.4. The van der Waals surface area contributed by atoms with E-state index in [0.717, 1.165) is 33.9 Å². The lowest BCUT2D eigenvalue weighted by Gasteiger charge is -2.47. The van der Waals surface area contributed by atoms with Crippen LogP contribution >= 0.6 is 0 Å².